The standard InChI is InChI=1S/C9H14N5O4P.HNO2/c1-6(18-5-19(15,16)17)2-14-4-13-7-8(10)11-3-12-9(7)14;2-1-3/h3-4,6H,2,5H2,1H3,(H2,10,11,12)(H2,15,16,17);(H,2,3)/t6-;/m0./s1. The molecule has 0 unspecified atom stereocenters. The summed E-state index contributed by atoms with van der Waals surface area (Å²) in [7, 11) is -4.16. The summed E-state index contributed by atoms with van der Waals surface area (Å²) in [5, 5.41) is 7.89. The fourth-order valence-corrected chi connectivity index (χ4v) is 2.04. The second-order valence-corrected chi connectivity index (χ2v) is 5.77. The molecule has 13 heteroatoms. The molecular formula is C9H15N6O6P. The van der Waals surface area contributed by atoms with Crippen LogP contribution >= 0.6 is 7.60 Å². The summed E-state index contributed by atoms with van der Waals surface area (Å²) in [4.78, 5) is 37.5. The second kappa shape index (κ2) is 7.75. The Labute approximate surface area is 124 Å². The van der Waals surface area contributed by atoms with Gasteiger partial charge in [-0.15, -0.1) is 4.91 Å². The molecule has 2 aromatic rings. The van der Waals surface area contributed by atoms with Crippen molar-refractivity contribution in [2.45, 2.75) is 19.6 Å². The minimum atomic E-state index is -4.16. The third kappa shape index (κ3) is 5.33. The Hall–Kier alpha value is -2.14. The van der Waals surface area contributed by atoms with E-state index in [1.54, 1.807) is 11.5 Å². The maximum absolute atomic E-state index is 10.7. The number of nitrogens with zero attached hydrogens (tertiary/aromatic N) is 5. The van der Waals surface area contributed by atoms with E-state index in [9.17, 15) is 4.57 Å². The van der Waals surface area contributed by atoms with Gasteiger partial charge in [0.25, 0.3) is 0 Å². The van der Waals surface area contributed by atoms with Gasteiger partial charge < -0.3 is 30.0 Å². The van der Waals surface area contributed by atoms with E-state index in [4.69, 9.17) is 30.4 Å². The molecule has 0 aliphatic heterocycles. The summed E-state index contributed by atoms with van der Waals surface area (Å²) in [6, 6.07) is 0. The summed E-state index contributed by atoms with van der Waals surface area (Å²) in [6.07, 6.45) is 1.85. The van der Waals surface area contributed by atoms with Crippen LogP contribution in [0.3, 0.4) is 0 Å². The van der Waals surface area contributed by atoms with Gasteiger partial charge in [-0.1, -0.05) is 0 Å². The Balaban J connectivity index is 0.000000745. The van der Waals surface area contributed by atoms with Crippen LogP contribution in [0.2, 0.25) is 0 Å². The SMILES string of the molecule is C[C@@H](Cn1cnc2c(N)ncnc21)OCP(=O)(O)O.O=NO. The molecule has 0 aliphatic rings. The van der Waals surface area contributed by atoms with Crippen LogP contribution in [-0.4, -0.2) is 47.0 Å². The lowest BCUT2D eigenvalue weighted by atomic mass is 10.4. The number of rotatable bonds is 5. The summed E-state index contributed by atoms with van der Waals surface area (Å²) < 4.78 is 17.5. The van der Waals surface area contributed by atoms with Gasteiger partial charge in [0.15, 0.2) is 16.8 Å². The van der Waals surface area contributed by atoms with Crippen molar-refractivity contribution in [1.29, 1.82) is 0 Å². The van der Waals surface area contributed by atoms with Crippen LogP contribution in [0.15, 0.2) is 18.0 Å². The molecule has 1 atom stereocenters. The Kier molecular flexibility index (Phi) is 6.31. The smallest absolute Gasteiger partial charge is 0.350 e. The van der Waals surface area contributed by atoms with Crippen molar-refractivity contribution in [3.63, 3.8) is 0 Å². The second-order valence-electron chi connectivity index (χ2n) is 4.18. The quantitative estimate of drug-likeness (QED) is 0.331. The van der Waals surface area contributed by atoms with Crippen molar-refractivity contribution in [2.75, 3.05) is 12.1 Å². The fourth-order valence-electron chi connectivity index (χ4n) is 1.59. The van der Waals surface area contributed by atoms with Crippen molar-refractivity contribution < 1.29 is 24.3 Å². The van der Waals surface area contributed by atoms with Crippen LogP contribution in [0.5, 0.6) is 0 Å². The molecule has 0 bridgehead atoms. The molecule has 2 aromatic heterocycles. The van der Waals surface area contributed by atoms with Gasteiger partial charge in [0.2, 0.25) is 0 Å². The van der Waals surface area contributed by atoms with Gasteiger partial charge in [-0.25, -0.2) is 15.0 Å². The third-order valence-electron chi connectivity index (χ3n) is 2.41. The Bertz CT molecular complexity index is 672. The molecule has 0 saturated carbocycles. The number of imidazole rings is 1. The molecule has 0 aliphatic carbocycles. The topological polar surface area (TPSA) is 186 Å². The highest BCUT2D eigenvalue weighted by molar-refractivity contribution is 7.51. The highest BCUT2D eigenvalue weighted by atomic mass is 31.2. The number of nitrogen functional groups attached to an aromatic ring is 1. The van der Waals surface area contributed by atoms with E-state index in [2.05, 4.69) is 15.0 Å². The van der Waals surface area contributed by atoms with E-state index >= 15 is 0 Å². The van der Waals surface area contributed by atoms with Crippen molar-refractivity contribution in [2.24, 2.45) is 5.34 Å². The summed E-state index contributed by atoms with van der Waals surface area (Å²) in [5.41, 5.74) is 6.70. The van der Waals surface area contributed by atoms with Gasteiger partial charge in [0.05, 0.1) is 19.0 Å². The molecule has 2 heterocycles. The maximum Gasteiger partial charge on any atom is 0.350 e. The van der Waals surface area contributed by atoms with E-state index in [1.807, 2.05) is 0 Å². The maximum atomic E-state index is 10.7. The van der Waals surface area contributed by atoms with Gasteiger partial charge >= 0.3 is 7.60 Å². The van der Waals surface area contributed by atoms with Crippen LogP contribution in [0.25, 0.3) is 11.2 Å². The van der Waals surface area contributed by atoms with E-state index in [0.717, 1.165) is 0 Å². The van der Waals surface area contributed by atoms with Gasteiger partial charge in [0.1, 0.15) is 18.2 Å². The first kappa shape index (κ1) is 17.9. The highest BCUT2D eigenvalue weighted by Gasteiger charge is 2.16. The van der Waals surface area contributed by atoms with Gasteiger partial charge in [-0.2, -0.15) is 0 Å². The van der Waals surface area contributed by atoms with Crippen LogP contribution in [-0.2, 0) is 15.8 Å². The number of nitrogens with two attached hydrogens (primary N) is 1. The first-order valence-electron chi connectivity index (χ1n) is 5.82. The normalized spacial score (nSPS) is 12.5. The predicted molar refractivity (Wildman–Crippen MR) is 74.8 cm³/mol. The molecule has 0 fully saturated rings. The number of hydrogen-bond donors (Lipinski definition) is 4. The Morgan fingerprint density at radius 1 is 1.45 bits per heavy atom. The molecule has 0 saturated heterocycles. The first-order valence-corrected chi connectivity index (χ1v) is 7.62. The van der Waals surface area contributed by atoms with Crippen molar-refractivity contribution in [3.8, 4) is 0 Å². The lowest BCUT2D eigenvalue weighted by molar-refractivity contribution is 0.0764. The van der Waals surface area contributed by atoms with Crippen LogP contribution in [0.1, 0.15) is 6.92 Å². The lowest BCUT2D eigenvalue weighted by Crippen LogP contribution is -2.17. The average molecular weight is 334 g/mol. The van der Waals surface area contributed by atoms with E-state index < -0.39 is 20.0 Å². The van der Waals surface area contributed by atoms with E-state index in [-0.39, 0.29) is 5.82 Å². The molecule has 0 radical (unpaired) electrons. The molecule has 0 spiro atoms. The van der Waals surface area contributed by atoms with Gasteiger partial charge in [-0.05, 0) is 6.92 Å². The van der Waals surface area contributed by atoms with Gasteiger partial charge in [-0.3, -0.25) is 4.57 Å². The fraction of sp³-hybridized carbons (Fsp3) is 0.444. The summed E-state index contributed by atoms with van der Waals surface area (Å²) in [6.45, 7) is 2.05. The van der Waals surface area contributed by atoms with Crippen LogP contribution < -0.4 is 5.73 Å². The van der Waals surface area contributed by atoms with Crippen LogP contribution in [0.4, 0.5) is 5.82 Å². The first-order chi connectivity index (χ1) is 10.3. The minimum Gasteiger partial charge on any atom is -0.382 e. The van der Waals surface area contributed by atoms with E-state index in [1.165, 1.54) is 18.0 Å². The molecule has 2 rings (SSSR count). The average Bonchev–Trinajstić information content (AvgIpc) is 2.81. The largest absolute Gasteiger partial charge is 0.382 e. The van der Waals surface area contributed by atoms with Crippen molar-refractivity contribution >= 4 is 24.6 Å². The highest BCUT2D eigenvalue weighted by Crippen LogP contribution is 2.34. The van der Waals surface area contributed by atoms with Crippen molar-refractivity contribution in [3.05, 3.63) is 17.6 Å². The zero-order chi connectivity index (χ0) is 16.8. The third-order valence-corrected chi connectivity index (χ3v) is 2.90. The zero-order valence-electron chi connectivity index (χ0n) is 11.5. The molecule has 22 heavy (non-hydrogen) atoms. The molecular weight excluding hydrogens is 319 g/mol. The summed E-state index contributed by atoms with van der Waals surface area (Å²) >= 11 is 0. The van der Waals surface area contributed by atoms with E-state index in [0.29, 0.717) is 17.7 Å². The number of fused-ring (bicyclic) bond motifs is 1. The predicted octanol–water partition coefficient (Wildman–Crippen LogP) is 0.0908. The Morgan fingerprint density at radius 2 is 2.09 bits per heavy atom. The number of anilines is 1. The zero-order valence-corrected chi connectivity index (χ0v) is 12.4. The number of hydrogen-bond acceptors (Lipinski definition) is 8. The molecule has 0 amide bonds. The minimum absolute atomic E-state index is 0.285. The Morgan fingerprint density at radius 3 is 2.68 bits per heavy atom. The van der Waals surface area contributed by atoms with Crippen LogP contribution in [0, 0.1) is 4.91 Å². The molecule has 5 N–H and O–H groups in total. The van der Waals surface area contributed by atoms with Crippen molar-refractivity contribution in [1.82, 2.24) is 19.5 Å². The molecule has 12 nitrogen and oxygen atoms in total. The number of ether oxygens (including phenoxy) is 1. The molecule has 0 aromatic carbocycles. The summed E-state index contributed by atoms with van der Waals surface area (Å²) in [5.74, 6) is 0.285. The van der Waals surface area contributed by atoms with Gasteiger partial charge in [0, 0.05) is 0 Å². The molecule has 122 valence electrons. The number of aromatic nitrogens is 4. The lowest BCUT2D eigenvalue weighted by Gasteiger charge is -2.14. The monoisotopic (exact) mass is 334 g/mol.